The van der Waals surface area contributed by atoms with E-state index in [9.17, 15) is 9.59 Å². The van der Waals surface area contributed by atoms with Gasteiger partial charge in [0.05, 0.1) is 12.6 Å². The van der Waals surface area contributed by atoms with Gasteiger partial charge < -0.3 is 19.9 Å². The summed E-state index contributed by atoms with van der Waals surface area (Å²) >= 11 is 0. The molecule has 1 aliphatic carbocycles. The number of nitrogens with zero attached hydrogens (tertiary/aromatic N) is 3. The smallest absolute Gasteiger partial charge is 0.321 e. The van der Waals surface area contributed by atoms with Crippen molar-refractivity contribution >= 4 is 11.9 Å². The Morgan fingerprint density at radius 1 is 1.03 bits per heavy atom. The van der Waals surface area contributed by atoms with Gasteiger partial charge in [0.1, 0.15) is 12.3 Å². The number of amides is 3. The number of carbonyl (C=O) groups is 2. The van der Waals surface area contributed by atoms with Gasteiger partial charge in [-0.15, -0.1) is 0 Å². The first-order valence-electron chi connectivity index (χ1n) is 12.0. The third-order valence-corrected chi connectivity index (χ3v) is 7.85. The molecular formula is C27H36N4O3. The molecule has 0 aromatic heterocycles. The van der Waals surface area contributed by atoms with Crippen LogP contribution in [0.3, 0.4) is 0 Å². The fraction of sp³-hybridized carbons (Fsp3) is 0.481. The number of hydrogen-bond donors (Lipinski definition) is 1. The molecule has 0 radical (unpaired) electrons. The van der Waals surface area contributed by atoms with Crippen molar-refractivity contribution in [2.24, 2.45) is 0 Å². The summed E-state index contributed by atoms with van der Waals surface area (Å²) in [5.74, 6) is 0.661. The van der Waals surface area contributed by atoms with Crippen molar-refractivity contribution < 1.29 is 14.3 Å². The molecule has 1 saturated carbocycles. The first kappa shape index (κ1) is 24.1. The van der Waals surface area contributed by atoms with Crippen molar-refractivity contribution in [2.75, 3.05) is 41.3 Å². The summed E-state index contributed by atoms with van der Waals surface area (Å²) in [4.78, 5) is 32.0. The summed E-state index contributed by atoms with van der Waals surface area (Å²) in [6.07, 6.45) is 3.56. The number of urea groups is 1. The van der Waals surface area contributed by atoms with Gasteiger partial charge in [-0.25, -0.2) is 4.79 Å². The number of ether oxygens (including phenoxy) is 1. The van der Waals surface area contributed by atoms with Crippen LogP contribution in [0.4, 0.5) is 4.79 Å². The molecule has 1 heterocycles. The average Bonchev–Trinajstić information content (AvgIpc) is 3.10. The topological polar surface area (TPSA) is 65.1 Å². The third-order valence-electron chi connectivity index (χ3n) is 7.85. The van der Waals surface area contributed by atoms with Crippen LogP contribution in [0, 0.1) is 0 Å². The highest BCUT2D eigenvalue weighted by atomic mass is 16.5. The molecule has 1 aliphatic heterocycles. The maximum Gasteiger partial charge on any atom is 0.321 e. The minimum absolute atomic E-state index is 0.0588. The van der Waals surface area contributed by atoms with Crippen LogP contribution in [0.15, 0.2) is 54.6 Å². The summed E-state index contributed by atoms with van der Waals surface area (Å²) < 4.78 is 5.26. The van der Waals surface area contributed by atoms with E-state index in [0.717, 1.165) is 37.0 Å². The second-order valence-corrected chi connectivity index (χ2v) is 9.76. The largest absolute Gasteiger partial charge is 0.497 e. The van der Waals surface area contributed by atoms with E-state index in [0.29, 0.717) is 13.1 Å². The van der Waals surface area contributed by atoms with Crippen molar-refractivity contribution in [1.29, 1.82) is 0 Å². The number of rotatable bonds is 7. The standard InChI is InChI=1S/C27H36N4O3/c1-28-24(32)19-31-25(33)30(18-21-10-12-23(34-4)13-11-21)20-26(31)14-16-27(17-15-26,29(2)3)22-8-6-5-7-9-22/h5-13H,14-20H2,1-4H3,(H,28,32). The van der Waals surface area contributed by atoms with E-state index in [4.69, 9.17) is 4.74 Å². The zero-order chi connectivity index (χ0) is 24.3. The Bertz CT molecular complexity index is 998. The molecular weight excluding hydrogens is 428 g/mol. The predicted molar refractivity (Wildman–Crippen MR) is 133 cm³/mol. The lowest BCUT2D eigenvalue weighted by Crippen LogP contribution is -2.57. The molecule has 1 saturated heterocycles. The van der Waals surface area contributed by atoms with Crippen LogP contribution in [0.25, 0.3) is 0 Å². The third kappa shape index (κ3) is 4.37. The van der Waals surface area contributed by atoms with E-state index in [2.05, 4.69) is 54.6 Å². The Morgan fingerprint density at radius 3 is 2.24 bits per heavy atom. The van der Waals surface area contributed by atoms with E-state index >= 15 is 0 Å². The Kier molecular flexibility index (Phi) is 6.84. The molecule has 2 aromatic carbocycles. The Hall–Kier alpha value is -3.06. The summed E-state index contributed by atoms with van der Waals surface area (Å²) in [5, 5.41) is 2.70. The van der Waals surface area contributed by atoms with Gasteiger partial charge >= 0.3 is 6.03 Å². The maximum absolute atomic E-state index is 13.6. The van der Waals surface area contributed by atoms with Gasteiger partial charge in [0.15, 0.2) is 0 Å². The van der Waals surface area contributed by atoms with Gasteiger partial charge in [-0.3, -0.25) is 9.69 Å². The van der Waals surface area contributed by atoms with Crippen LogP contribution in [0.1, 0.15) is 36.8 Å². The van der Waals surface area contributed by atoms with E-state index in [-0.39, 0.29) is 29.6 Å². The van der Waals surface area contributed by atoms with Crippen LogP contribution in [0.5, 0.6) is 5.75 Å². The summed E-state index contributed by atoms with van der Waals surface area (Å²) in [5.41, 5.74) is 1.95. The number of likely N-dealkylation sites (N-methyl/N-ethyl adjacent to an activating group) is 1. The Labute approximate surface area is 202 Å². The quantitative estimate of drug-likeness (QED) is 0.682. The number of carbonyl (C=O) groups excluding carboxylic acids is 2. The van der Waals surface area contributed by atoms with Crippen LogP contribution in [-0.2, 0) is 16.9 Å². The molecule has 4 rings (SSSR count). The van der Waals surface area contributed by atoms with Gasteiger partial charge in [-0.05, 0) is 63.0 Å². The first-order chi connectivity index (χ1) is 16.3. The molecule has 0 atom stereocenters. The summed E-state index contributed by atoms with van der Waals surface area (Å²) in [6.45, 7) is 1.24. The van der Waals surface area contributed by atoms with E-state index < -0.39 is 0 Å². The molecule has 1 spiro atoms. The first-order valence-corrected chi connectivity index (χ1v) is 12.0. The van der Waals surface area contributed by atoms with Crippen LogP contribution < -0.4 is 10.1 Å². The minimum atomic E-state index is -0.343. The molecule has 2 aliphatic rings. The van der Waals surface area contributed by atoms with E-state index in [1.165, 1.54) is 5.56 Å². The zero-order valence-electron chi connectivity index (χ0n) is 20.7. The molecule has 1 N–H and O–H groups in total. The van der Waals surface area contributed by atoms with Crippen LogP contribution in [-0.4, -0.2) is 73.5 Å². The number of methoxy groups -OCH3 is 1. The lowest BCUT2D eigenvalue weighted by molar-refractivity contribution is -0.122. The minimum Gasteiger partial charge on any atom is -0.497 e. The zero-order valence-corrected chi connectivity index (χ0v) is 20.7. The highest BCUT2D eigenvalue weighted by Crippen LogP contribution is 2.49. The lowest BCUT2D eigenvalue weighted by Gasteiger charge is -2.50. The summed E-state index contributed by atoms with van der Waals surface area (Å²) in [6, 6.07) is 18.4. The Morgan fingerprint density at radius 2 is 1.68 bits per heavy atom. The van der Waals surface area contributed by atoms with Crippen molar-refractivity contribution in [3.63, 3.8) is 0 Å². The molecule has 182 valence electrons. The molecule has 3 amide bonds. The molecule has 0 unspecified atom stereocenters. The molecule has 2 fully saturated rings. The van der Waals surface area contributed by atoms with Gasteiger partial charge in [0.2, 0.25) is 5.91 Å². The molecule has 0 bridgehead atoms. The average molecular weight is 465 g/mol. The van der Waals surface area contributed by atoms with Crippen LogP contribution in [0.2, 0.25) is 0 Å². The van der Waals surface area contributed by atoms with Crippen molar-refractivity contribution in [2.45, 2.75) is 43.3 Å². The predicted octanol–water partition coefficient (Wildman–Crippen LogP) is 3.45. The summed E-state index contributed by atoms with van der Waals surface area (Å²) in [7, 11) is 7.55. The van der Waals surface area contributed by atoms with Gasteiger partial charge in [-0.1, -0.05) is 42.5 Å². The molecule has 7 nitrogen and oxygen atoms in total. The van der Waals surface area contributed by atoms with Crippen LogP contribution >= 0.6 is 0 Å². The highest BCUT2D eigenvalue weighted by Gasteiger charge is 2.54. The van der Waals surface area contributed by atoms with Gasteiger partial charge in [0.25, 0.3) is 0 Å². The number of nitrogens with one attached hydrogen (secondary N) is 1. The highest BCUT2D eigenvalue weighted by molar-refractivity contribution is 5.86. The number of hydrogen-bond acceptors (Lipinski definition) is 4. The number of benzene rings is 2. The van der Waals surface area contributed by atoms with Crippen molar-refractivity contribution in [3.8, 4) is 5.75 Å². The normalized spacial score (nSPS) is 24.7. The second-order valence-electron chi connectivity index (χ2n) is 9.76. The maximum atomic E-state index is 13.6. The monoisotopic (exact) mass is 464 g/mol. The lowest BCUT2D eigenvalue weighted by atomic mass is 9.68. The van der Waals surface area contributed by atoms with Gasteiger partial charge in [0, 0.05) is 25.7 Å². The SMILES string of the molecule is CNC(=O)CN1C(=O)N(Cc2ccc(OC)cc2)CC12CCC(c1ccccc1)(N(C)C)CC2. The fourth-order valence-corrected chi connectivity index (χ4v) is 5.71. The van der Waals surface area contributed by atoms with Crippen molar-refractivity contribution in [3.05, 3.63) is 65.7 Å². The Balaban J connectivity index is 1.59. The second kappa shape index (κ2) is 9.66. The molecule has 7 heteroatoms. The molecule has 2 aromatic rings. The fourth-order valence-electron chi connectivity index (χ4n) is 5.71. The molecule has 34 heavy (non-hydrogen) atoms. The van der Waals surface area contributed by atoms with Gasteiger partial charge in [-0.2, -0.15) is 0 Å². The van der Waals surface area contributed by atoms with E-state index in [1.54, 1.807) is 14.2 Å². The van der Waals surface area contributed by atoms with E-state index in [1.807, 2.05) is 34.1 Å². The van der Waals surface area contributed by atoms with Crippen molar-refractivity contribution in [1.82, 2.24) is 20.0 Å².